The third-order valence-electron chi connectivity index (χ3n) is 3.09. The SMILES string of the molecule is COCc1nc(CCc2ccccc2C)oc1C(=O)O. The van der Waals surface area contributed by atoms with E-state index in [0.717, 1.165) is 6.42 Å². The van der Waals surface area contributed by atoms with Crippen LogP contribution in [0.5, 0.6) is 0 Å². The molecule has 0 unspecified atom stereocenters. The zero-order chi connectivity index (χ0) is 14.5. The standard InChI is InChI=1S/C15H17NO4/c1-10-5-3-4-6-11(10)7-8-13-16-12(9-19-2)14(20-13)15(17)18/h3-6H,7-9H2,1-2H3,(H,17,18). The topological polar surface area (TPSA) is 72.6 Å². The Balaban J connectivity index is 2.12. The fourth-order valence-electron chi connectivity index (χ4n) is 2.04. The van der Waals surface area contributed by atoms with Crippen LogP contribution in [0.15, 0.2) is 28.7 Å². The minimum absolute atomic E-state index is 0.133. The van der Waals surface area contributed by atoms with Gasteiger partial charge in [-0.2, -0.15) is 0 Å². The molecule has 0 atom stereocenters. The van der Waals surface area contributed by atoms with Gasteiger partial charge in [-0.3, -0.25) is 0 Å². The van der Waals surface area contributed by atoms with Crippen molar-refractivity contribution in [2.75, 3.05) is 7.11 Å². The van der Waals surface area contributed by atoms with Gasteiger partial charge in [0, 0.05) is 13.5 Å². The van der Waals surface area contributed by atoms with Gasteiger partial charge in [-0.1, -0.05) is 24.3 Å². The number of carboxylic acids is 1. The van der Waals surface area contributed by atoms with Crippen molar-refractivity contribution in [3.8, 4) is 0 Å². The number of ether oxygens (including phenoxy) is 1. The average Bonchev–Trinajstić information content (AvgIpc) is 2.82. The maximum Gasteiger partial charge on any atom is 0.373 e. The van der Waals surface area contributed by atoms with E-state index >= 15 is 0 Å². The highest BCUT2D eigenvalue weighted by Crippen LogP contribution is 2.16. The summed E-state index contributed by atoms with van der Waals surface area (Å²) in [5.74, 6) is -0.823. The summed E-state index contributed by atoms with van der Waals surface area (Å²) in [5.41, 5.74) is 2.74. The first-order valence-electron chi connectivity index (χ1n) is 6.37. The molecule has 0 saturated heterocycles. The van der Waals surface area contributed by atoms with Crippen LogP contribution in [-0.4, -0.2) is 23.2 Å². The van der Waals surface area contributed by atoms with Gasteiger partial charge >= 0.3 is 5.97 Å². The first-order valence-corrected chi connectivity index (χ1v) is 6.37. The molecule has 0 saturated carbocycles. The second-order valence-corrected chi connectivity index (χ2v) is 4.55. The summed E-state index contributed by atoms with van der Waals surface area (Å²) >= 11 is 0. The molecule has 5 heteroatoms. The van der Waals surface area contributed by atoms with E-state index in [-0.39, 0.29) is 12.4 Å². The van der Waals surface area contributed by atoms with Gasteiger partial charge in [0.15, 0.2) is 5.89 Å². The largest absolute Gasteiger partial charge is 0.475 e. The van der Waals surface area contributed by atoms with Gasteiger partial charge in [0.1, 0.15) is 5.69 Å². The van der Waals surface area contributed by atoms with Crippen LogP contribution in [0.2, 0.25) is 0 Å². The van der Waals surface area contributed by atoms with Crippen LogP contribution in [-0.2, 0) is 24.2 Å². The van der Waals surface area contributed by atoms with E-state index in [1.54, 1.807) is 0 Å². The molecular formula is C15H17NO4. The predicted molar refractivity (Wildman–Crippen MR) is 72.8 cm³/mol. The minimum atomic E-state index is -1.12. The van der Waals surface area contributed by atoms with E-state index in [1.807, 2.05) is 31.2 Å². The Morgan fingerprint density at radius 3 is 2.75 bits per heavy atom. The number of aromatic nitrogens is 1. The van der Waals surface area contributed by atoms with Crippen LogP contribution in [0, 0.1) is 6.92 Å². The molecule has 2 rings (SSSR count). The molecule has 5 nitrogen and oxygen atoms in total. The monoisotopic (exact) mass is 275 g/mol. The van der Waals surface area contributed by atoms with E-state index in [1.165, 1.54) is 18.2 Å². The Kier molecular flexibility index (Phi) is 4.53. The van der Waals surface area contributed by atoms with Gasteiger partial charge in [-0.05, 0) is 24.5 Å². The van der Waals surface area contributed by atoms with Gasteiger partial charge < -0.3 is 14.3 Å². The highest BCUT2D eigenvalue weighted by Gasteiger charge is 2.19. The molecule has 0 fully saturated rings. The van der Waals surface area contributed by atoms with Gasteiger partial charge in [0.25, 0.3) is 0 Å². The lowest BCUT2D eigenvalue weighted by atomic mass is 10.0. The van der Waals surface area contributed by atoms with Crippen LogP contribution >= 0.6 is 0 Å². The Morgan fingerprint density at radius 2 is 2.10 bits per heavy atom. The number of nitrogens with zero attached hydrogens (tertiary/aromatic N) is 1. The quantitative estimate of drug-likeness (QED) is 0.877. The van der Waals surface area contributed by atoms with Crippen molar-refractivity contribution in [3.63, 3.8) is 0 Å². The summed E-state index contributed by atoms with van der Waals surface area (Å²) < 4.78 is 10.2. The molecule has 0 spiro atoms. The number of aromatic carboxylic acids is 1. The molecule has 1 heterocycles. The lowest BCUT2D eigenvalue weighted by molar-refractivity contribution is 0.0653. The molecule has 0 aliphatic rings. The van der Waals surface area contributed by atoms with Crippen LogP contribution in [0.4, 0.5) is 0 Å². The first-order chi connectivity index (χ1) is 9.61. The lowest BCUT2D eigenvalue weighted by Gasteiger charge is -2.02. The Hall–Kier alpha value is -2.14. The number of carbonyl (C=O) groups is 1. The first kappa shape index (κ1) is 14.3. The number of aryl methyl sites for hydroxylation is 3. The molecule has 20 heavy (non-hydrogen) atoms. The van der Waals surface area contributed by atoms with E-state index < -0.39 is 5.97 Å². The van der Waals surface area contributed by atoms with Crippen molar-refractivity contribution in [2.24, 2.45) is 0 Å². The van der Waals surface area contributed by atoms with Crippen molar-refractivity contribution in [1.29, 1.82) is 0 Å². The van der Waals surface area contributed by atoms with Crippen molar-refractivity contribution in [3.05, 3.63) is 52.7 Å². The Labute approximate surface area is 117 Å². The molecule has 0 bridgehead atoms. The molecule has 1 aromatic heterocycles. The number of hydrogen-bond acceptors (Lipinski definition) is 4. The van der Waals surface area contributed by atoms with E-state index in [0.29, 0.717) is 18.0 Å². The second-order valence-electron chi connectivity index (χ2n) is 4.55. The third kappa shape index (κ3) is 3.24. The molecule has 1 aromatic carbocycles. The summed E-state index contributed by atoms with van der Waals surface area (Å²) in [7, 11) is 1.49. The summed E-state index contributed by atoms with van der Waals surface area (Å²) in [6.45, 7) is 2.18. The molecular weight excluding hydrogens is 258 g/mol. The maximum absolute atomic E-state index is 11.0. The normalized spacial score (nSPS) is 10.7. The van der Waals surface area contributed by atoms with E-state index in [9.17, 15) is 4.79 Å². The molecule has 106 valence electrons. The zero-order valence-corrected chi connectivity index (χ0v) is 11.5. The number of benzene rings is 1. The van der Waals surface area contributed by atoms with Crippen molar-refractivity contribution in [2.45, 2.75) is 26.4 Å². The number of carboxylic acid groups (broad SMARTS) is 1. The van der Waals surface area contributed by atoms with Gasteiger partial charge in [0.05, 0.1) is 6.61 Å². The second kappa shape index (κ2) is 6.34. The van der Waals surface area contributed by atoms with Crippen LogP contribution < -0.4 is 0 Å². The fraction of sp³-hybridized carbons (Fsp3) is 0.333. The number of rotatable bonds is 6. The summed E-state index contributed by atoms with van der Waals surface area (Å²) in [4.78, 5) is 15.2. The Morgan fingerprint density at radius 1 is 1.35 bits per heavy atom. The molecule has 0 amide bonds. The highest BCUT2D eigenvalue weighted by atomic mass is 16.5. The molecule has 1 N–H and O–H groups in total. The number of methoxy groups -OCH3 is 1. The number of oxazole rings is 1. The van der Waals surface area contributed by atoms with Gasteiger partial charge in [-0.15, -0.1) is 0 Å². The summed E-state index contributed by atoms with van der Waals surface area (Å²) in [5, 5.41) is 9.05. The summed E-state index contributed by atoms with van der Waals surface area (Å²) in [6.07, 6.45) is 1.33. The van der Waals surface area contributed by atoms with Crippen molar-refractivity contribution < 1.29 is 19.1 Å². The Bertz CT molecular complexity index is 604. The van der Waals surface area contributed by atoms with Crippen LogP contribution in [0.1, 0.15) is 33.3 Å². The molecule has 0 radical (unpaired) electrons. The smallest absolute Gasteiger partial charge is 0.373 e. The van der Waals surface area contributed by atoms with Crippen molar-refractivity contribution >= 4 is 5.97 Å². The average molecular weight is 275 g/mol. The van der Waals surface area contributed by atoms with Crippen LogP contribution in [0.3, 0.4) is 0 Å². The predicted octanol–water partition coefficient (Wildman–Crippen LogP) is 2.61. The lowest BCUT2D eigenvalue weighted by Crippen LogP contribution is -2.00. The summed E-state index contributed by atoms with van der Waals surface area (Å²) in [6, 6.07) is 8.07. The van der Waals surface area contributed by atoms with Gasteiger partial charge in [0.2, 0.25) is 5.76 Å². The molecule has 2 aromatic rings. The zero-order valence-electron chi connectivity index (χ0n) is 11.5. The molecule has 0 aliphatic heterocycles. The fourth-order valence-corrected chi connectivity index (χ4v) is 2.04. The van der Waals surface area contributed by atoms with Gasteiger partial charge in [-0.25, -0.2) is 9.78 Å². The van der Waals surface area contributed by atoms with Crippen LogP contribution in [0.25, 0.3) is 0 Å². The van der Waals surface area contributed by atoms with E-state index in [4.69, 9.17) is 14.3 Å². The van der Waals surface area contributed by atoms with Crippen molar-refractivity contribution in [1.82, 2.24) is 4.98 Å². The highest BCUT2D eigenvalue weighted by molar-refractivity contribution is 5.85. The minimum Gasteiger partial charge on any atom is -0.475 e. The maximum atomic E-state index is 11.0. The third-order valence-corrected chi connectivity index (χ3v) is 3.09. The number of hydrogen-bond donors (Lipinski definition) is 1. The van der Waals surface area contributed by atoms with E-state index in [2.05, 4.69) is 4.98 Å². The molecule has 0 aliphatic carbocycles.